The Balaban J connectivity index is 2.64. The summed E-state index contributed by atoms with van der Waals surface area (Å²) in [7, 11) is 11.3. The molecule has 78 valence electrons. The van der Waals surface area contributed by atoms with Gasteiger partial charge in [0.1, 0.15) is 28.0 Å². The molecule has 1 rings (SSSR count). The van der Waals surface area contributed by atoms with E-state index in [9.17, 15) is 0 Å². The Bertz CT molecular complexity index is 408. The van der Waals surface area contributed by atoms with Gasteiger partial charge in [-0.25, -0.2) is 0 Å². The third-order valence-electron chi connectivity index (χ3n) is 2.22. The maximum atomic E-state index is 5.68. The third kappa shape index (κ3) is 3.65. The number of hydrogen-bond acceptors (Lipinski definition) is 1. The maximum absolute atomic E-state index is 5.68. The van der Waals surface area contributed by atoms with Gasteiger partial charge in [-0.15, -0.1) is 5.46 Å². The molecule has 1 nitrogen and oxygen atoms in total. The molecule has 0 spiro atoms. The van der Waals surface area contributed by atoms with E-state index in [0.717, 1.165) is 11.3 Å². The molecule has 0 saturated heterocycles. The minimum atomic E-state index is 0.532. The molecule has 0 aromatic heterocycles. The van der Waals surface area contributed by atoms with Gasteiger partial charge in [-0.2, -0.15) is 0 Å². The van der Waals surface area contributed by atoms with E-state index in [1.807, 2.05) is 38.1 Å². The van der Waals surface area contributed by atoms with E-state index in [2.05, 4.69) is 0 Å². The van der Waals surface area contributed by atoms with Gasteiger partial charge in [0.2, 0.25) is 0 Å². The summed E-state index contributed by atoms with van der Waals surface area (Å²) in [6, 6.07) is 5.29. The number of benzene rings is 1. The summed E-state index contributed by atoms with van der Waals surface area (Å²) in [4.78, 5) is 0. The zero-order chi connectivity index (χ0) is 12.0. The monoisotopic (exact) mass is 208 g/mol. The molecular weight excluding hydrogens is 194 g/mol. The van der Waals surface area contributed by atoms with E-state index in [1.54, 1.807) is 12.1 Å². The van der Waals surface area contributed by atoms with Gasteiger partial charge in [-0.1, -0.05) is 29.8 Å². The Hall–Kier alpha value is -1.37. The van der Waals surface area contributed by atoms with Gasteiger partial charge in [0.05, 0.1) is 0 Å². The first-order chi connectivity index (χ1) is 7.67. The Morgan fingerprint density at radius 1 is 1.25 bits per heavy atom. The predicted molar refractivity (Wildman–Crippen MR) is 71.3 cm³/mol. The van der Waals surface area contributed by atoms with Crippen LogP contribution in [0.1, 0.15) is 13.8 Å². The number of ether oxygens (including phenoxy) is 1. The van der Waals surface area contributed by atoms with Gasteiger partial charge in [0, 0.05) is 0 Å². The molecule has 0 N–H and O–H groups in total. The number of allylic oxidation sites excluding steroid dienone is 2. The van der Waals surface area contributed by atoms with Crippen LogP contribution in [0.4, 0.5) is 0 Å². The SMILES string of the molecule is [B]c1ccc(OCC(/C=C\C)=C/C)cc1[B]. The summed E-state index contributed by atoms with van der Waals surface area (Å²) in [6.07, 6.45) is 6.01. The normalized spacial score (nSPS) is 12.0. The summed E-state index contributed by atoms with van der Waals surface area (Å²) in [5.74, 6) is 0.732. The lowest BCUT2D eigenvalue weighted by molar-refractivity contribution is 0.356. The van der Waals surface area contributed by atoms with Gasteiger partial charge in [0.25, 0.3) is 0 Å². The average molecular weight is 208 g/mol. The minimum Gasteiger partial charge on any atom is -0.489 e. The Morgan fingerprint density at radius 2 is 2.00 bits per heavy atom. The summed E-state index contributed by atoms with van der Waals surface area (Å²) >= 11 is 0. The molecule has 0 saturated carbocycles. The second-order valence-electron chi connectivity index (χ2n) is 3.44. The Labute approximate surface area is 100 Å². The molecule has 1 aromatic rings. The van der Waals surface area contributed by atoms with Crippen molar-refractivity contribution in [3.05, 3.63) is 42.0 Å². The smallest absolute Gasteiger partial charge is 0.119 e. The molecule has 16 heavy (non-hydrogen) atoms. The van der Waals surface area contributed by atoms with E-state index in [0.29, 0.717) is 17.5 Å². The van der Waals surface area contributed by atoms with Crippen molar-refractivity contribution in [1.29, 1.82) is 0 Å². The van der Waals surface area contributed by atoms with Crippen molar-refractivity contribution in [2.45, 2.75) is 13.8 Å². The van der Waals surface area contributed by atoms with Crippen molar-refractivity contribution < 1.29 is 4.74 Å². The van der Waals surface area contributed by atoms with Crippen molar-refractivity contribution >= 4 is 26.6 Å². The second kappa shape index (κ2) is 6.26. The van der Waals surface area contributed by atoms with Crippen LogP contribution in [0.5, 0.6) is 5.75 Å². The topological polar surface area (TPSA) is 9.23 Å². The van der Waals surface area contributed by atoms with Crippen molar-refractivity contribution in [1.82, 2.24) is 0 Å². The van der Waals surface area contributed by atoms with Crippen molar-refractivity contribution in [2.24, 2.45) is 0 Å². The van der Waals surface area contributed by atoms with E-state index >= 15 is 0 Å². The fourth-order valence-electron chi connectivity index (χ4n) is 1.25. The first-order valence-corrected chi connectivity index (χ1v) is 5.23. The van der Waals surface area contributed by atoms with Crippen molar-refractivity contribution in [3.63, 3.8) is 0 Å². The molecular formula is C13H14B2O. The van der Waals surface area contributed by atoms with E-state index < -0.39 is 0 Å². The van der Waals surface area contributed by atoms with Gasteiger partial charge in [0.15, 0.2) is 0 Å². The van der Waals surface area contributed by atoms with Crippen molar-refractivity contribution in [3.8, 4) is 5.75 Å². The highest BCUT2D eigenvalue weighted by atomic mass is 16.5. The molecule has 0 fully saturated rings. The maximum Gasteiger partial charge on any atom is 0.119 e. The van der Waals surface area contributed by atoms with Crippen LogP contribution in [0.15, 0.2) is 42.0 Å². The van der Waals surface area contributed by atoms with Gasteiger partial charge >= 0.3 is 0 Å². The van der Waals surface area contributed by atoms with Crippen LogP contribution in [-0.4, -0.2) is 22.3 Å². The third-order valence-corrected chi connectivity index (χ3v) is 2.22. The first kappa shape index (κ1) is 12.7. The van der Waals surface area contributed by atoms with Crippen LogP contribution in [0.3, 0.4) is 0 Å². The largest absolute Gasteiger partial charge is 0.489 e. The quantitative estimate of drug-likeness (QED) is 0.533. The molecule has 0 atom stereocenters. The second-order valence-corrected chi connectivity index (χ2v) is 3.44. The molecule has 4 radical (unpaired) electrons. The lowest BCUT2D eigenvalue weighted by Crippen LogP contribution is -2.25. The van der Waals surface area contributed by atoms with Crippen LogP contribution in [0, 0.1) is 0 Å². The van der Waals surface area contributed by atoms with Crippen LogP contribution in [0.2, 0.25) is 0 Å². The van der Waals surface area contributed by atoms with Crippen molar-refractivity contribution in [2.75, 3.05) is 6.61 Å². The van der Waals surface area contributed by atoms with Crippen LogP contribution < -0.4 is 15.7 Å². The predicted octanol–water partition coefficient (Wildman–Crippen LogP) is 1.18. The Morgan fingerprint density at radius 3 is 2.56 bits per heavy atom. The van der Waals surface area contributed by atoms with E-state index in [4.69, 9.17) is 20.4 Å². The molecule has 0 aliphatic heterocycles. The average Bonchev–Trinajstić information content (AvgIpc) is 2.28. The Kier molecular flexibility index (Phi) is 4.97. The van der Waals surface area contributed by atoms with Crippen LogP contribution >= 0.6 is 0 Å². The molecule has 1 aromatic carbocycles. The molecule has 0 bridgehead atoms. The summed E-state index contributed by atoms with van der Waals surface area (Å²) in [6.45, 7) is 4.49. The summed E-state index contributed by atoms with van der Waals surface area (Å²) in [5.41, 5.74) is 2.25. The zero-order valence-corrected chi connectivity index (χ0v) is 9.73. The fraction of sp³-hybridized carbons (Fsp3) is 0.231. The standard InChI is InChI=1S/C13H14B2O/c1-3-5-10(4-2)9-16-11-6-7-12(14)13(15)8-11/h3-8H,9H2,1-2H3/b5-3-,10-4+. The zero-order valence-electron chi connectivity index (χ0n) is 9.73. The molecule has 3 heteroatoms. The first-order valence-electron chi connectivity index (χ1n) is 5.23. The summed E-state index contributed by atoms with van der Waals surface area (Å²) < 4.78 is 5.59. The minimum absolute atomic E-state index is 0.532. The molecule has 0 aliphatic rings. The number of rotatable bonds is 4. The highest BCUT2D eigenvalue weighted by Crippen LogP contribution is 2.08. The van der Waals surface area contributed by atoms with E-state index in [1.165, 1.54) is 0 Å². The van der Waals surface area contributed by atoms with E-state index in [-0.39, 0.29) is 0 Å². The lowest BCUT2D eigenvalue weighted by atomic mass is 9.81. The van der Waals surface area contributed by atoms with Crippen LogP contribution in [0.25, 0.3) is 0 Å². The van der Waals surface area contributed by atoms with Gasteiger partial charge in [-0.05, 0) is 31.6 Å². The fourth-order valence-corrected chi connectivity index (χ4v) is 1.25. The highest BCUT2D eigenvalue weighted by Gasteiger charge is 1.97. The lowest BCUT2D eigenvalue weighted by Gasteiger charge is -2.09. The van der Waals surface area contributed by atoms with Crippen LogP contribution in [-0.2, 0) is 0 Å². The molecule has 0 heterocycles. The molecule has 0 unspecified atom stereocenters. The number of hydrogen-bond donors (Lipinski definition) is 0. The highest BCUT2D eigenvalue weighted by molar-refractivity contribution is 6.48. The van der Waals surface area contributed by atoms with Gasteiger partial charge in [-0.3, -0.25) is 0 Å². The molecule has 0 amide bonds. The molecule has 0 aliphatic carbocycles. The summed E-state index contributed by atoms with van der Waals surface area (Å²) in [5, 5.41) is 0. The van der Waals surface area contributed by atoms with Gasteiger partial charge < -0.3 is 4.74 Å².